The van der Waals surface area contributed by atoms with Crippen molar-refractivity contribution < 1.29 is 9.18 Å². The first-order valence-corrected chi connectivity index (χ1v) is 5.85. The van der Waals surface area contributed by atoms with E-state index < -0.39 is 5.82 Å². The lowest BCUT2D eigenvalue weighted by Crippen LogP contribution is -2.27. The number of carbonyl (C=O) groups excluding carboxylic acids is 1. The van der Waals surface area contributed by atoms with Gasteiger partial charge in [0, 0.05) is 12.5 Å². The number of nitrogens with zero attached hydrogens (tertiary/aromatic N) is 2. The van der Waals surface area contributed by atoms with Crippen molar-refractivity contribution >= 4 is 5.78 Å². The predicted octanol–water partition coefficient (Wildman–Crippen LogP) is 1.50. The van der Waals surface area contributed by atoms with Gasteiger partial charge in [0.2, 0.25) is 0 Å². The van der Waals surface area contributed by atoms with E-state index >= 15 is 0 Å². The van der Waals surface area contributed by atoms with Crippen LogP contribution in [0.5, 0.6) is 0 Å². The molecule has 1 heterocycles. The molecule has 0 aliphatic rings. The molecule has 0 spiro atoms. The highest BCUT2D eigenvalue weighted by Crippen LogP contribution is 2.07. The first kappa shape index (κ1) is 13.1. The molecule has 0 bridgehead atoms. The summed E-state index contributed by atoms with van der Waals surface area (Å²) in [5.74, 6) is -0.677. The first-order chi connectivity index (χ1) is 9.06. The molecule has 5 heteroatoms. The summed E-state index contributed by atoms with van der Waals surface area (Å²) in [6.07, 6.45) is 1.46. The maximum atomic E-state index is 13.4. The Labute approximate surface area is 109 Å². The van der Waals surface area contributed by atoms with E-state index in [1.807, 2.05) is 0 Å². The van der Waals surface area contributed by atoms with Gasteiger partial charge in [-0.2, -0.15) is 5.10 Å². The smallest absolute Gasteiger partial charge is 0.267 e. The zero-order valence-electron chi connectivity index (χ0n) is 10.5. The molecular formula is C14H13FN2O2. The highest BCUT2D eigenvalue weighted by molar-refractivity contribution is 5.80. The molecule has 0 unspecified atom stereocenters. The van der Waals surface area contributed by atoms with Gasteiger partial charge in [0.1, 0.15) is 12.4 Å². The minimum absolute atomic E-state index is 0.0470. The number of rotatable bonds is 4. The molecule has 2 aromatic rings. The van der Waals surface area contributed by atoms with Gasteiger partial charge in [-0.25, -0.2) is 9.07 Å². The SMILES string of the molecule is Cc1cnn(CC(=O)Cc2ccccc2F)c(=O)c1. The van der Waals surface area contributed by atoms with Crippen LogP contribution in [0.2, 0.25) is 0 Å². The van der Waals surface area contributed by atoms with Crippen LogP contribution in [0.3, 0.4) is 0 Å². The van der Waals surface area contributed by atoms with E-state index in [-0.39, 0.29) is 24.3 Å². The Morgan fingerprint density at radius 2 is 2.11 bits per heavy atom. The third kappa shape index (κ3) is 3.34. The minimum atomic E-state index is -0.417. The average Bonchev–Trinajstić information content (AvgIpc) is 2.36. The summed E-state index contributed by atoms with van der Waals surface area (Å²) in [5, 5.41) is 3.87. The van der Waals surface area contributed by atoms with E-state index in [1.54, 1.807) is 25.1 Å². The van der Waals surface area contributed by atoms with Crippen molar-refractivity contribution in [1.82, 2.24) is 9.78 Å². The van der Waals surface area contributed by atoms with Crippen LogP contribution in [0, 0.1) is 12.7 Å². The van der Waals surface area contributed by atoms with Gasteiger partial charge < -0.3 is 0 Å². The summed E-state index contributed by atoms with van der Waals surface area (Å²) in [6.45, 7) is 1.60. The molecule has 0 saturated heterocycles. The number of aryl methyl sites for hydroxylation is 1. The fourth-order valence-electron chi connectivity index (χ4n) is 1.72. The third-order valence-corrected chi connectivity index (χ3v) is 2.68. The van der Waals surface area contributed by atoms with Crippen LogP contribution in [0.4, 0.5) is 4.39 Å². The second-order valence-electron chi connectivity index (χ2n) is 4.34. The predicted molar refractivity (Wildman–Crippen MR) is 68.3 cm³/mol. The molecule has 98 valence electrons. The van der Waals surface area contributed by atoms with Gasteiger partial charge in [-0.3, -0.25) is 9.59 Å². The number of hydrogen-bond acceptors (Lipinski definition) is 3. The largest absolute Gasteiger partial charge is 0.297 e. The molecule has 0 atom stereocenters. The van der Waals surface area contributed by atoms with E-state index in [2.05, 4.69) is 5.10 Å². The van der Waals surface area contributed by atoms with Crippen molar-refractivity contribution in [3.8, 4) is 0 Å². The van der Waals surface area contributed by atoms with E-state index in [0.717, 1.165) is 10.2 Å². The van der Waals surface area contributed by atoms with Crippen LogP contribution in [-0.4, -0.2) is 15.6 Å². The molecule has 4 nitrogen and oxygen atoms in total. The maximum absolute atomic E-state index is 13.4. The first-order valence-electron chi connectivity index (χ1n) is 5.85. The Morgan fingerprint density at radius 3 is 2.79 bits per heavy atom. The summed E-state index contributed by atoms with van der Waals surface area (Å²) >= 11 is 0. The lowest BCUT2D eigenvalue weighted by Gasteiger charge is -2.05. The van der Waals surface area contributed by atoms with E-state index in [1.165, 1.54) is 18.3 Å². The van der Waals surface area contributed by atoms with Gasteiger partial charge in [0.15, 0.2) is 5.78 Å². The van der Waals surface area contributed by atoms with Crippen molar-refractivity contribution in [3.05, 3.63) is 63.8 Å². The van der Waals surface area contributed by atoms with Crippen LogP contribution in [0.15, 0.2) is 41.3 Å². The summed E-state index contributed by atoms with van der Waals surface area (Å²) < 4.78 is 14.5. The molecule has 0 N–H and O–H groups in total. The summed E-state index contributed by atoms with van der Waals surface area (Å²) in [7, 11) is 0. The summed E-state index contributed by atoms with van der Waals surface area (Å²) in [5.41, 5.74) is 0.734. The number of aromatic nitrogens is 2. The van der Waals surface area contributed by atoms with Gasteiger partial charge in [-0.05, 0) is 24.1 Å². The Hall–Kier alpha value is -2.30. The fourth-order valence-corrected chi connectivity index (χ4v) is 1.72. The zero-order valence-corrected chi connectivity index (χ0v) is 10.5. The van der Waals surface area contributed by atoms with E-state index in [4.69, 9.17) is 0 Å². The number of Topliss-reactive ketones (excluding diaryl/α,β-unsaturated/α-hetero) is 1. The third-order valence-electron chi connectivity index (χ3n) is 2.68. The monoisotopic (exact) mass is 260 g/mol. The lowest BCUT2D eigenvalue weighted by molar-refractivity contribution is -0.119. The lowest BCUT2D eigenvalue weighted by atomic mass is 10.1. The standard InChI is InChI=1S/C14H13FN2O2/c1-10-6-14(19)17(16-8-10)9-12(18)7-11-4-2-3-5-13(11)15/h2-6,8H,7,9H2,1H3. The van der Waals surface area contributed by atoms with Crippen LogP contribution in [0.25, 0.3) is 0 Å². The Kier molecular flexibility index (Phi) is 3.85. The number of hydrogen-bond donors (Lipinski definition) is 0. The van der Waals surface area contributed by atoms with E-state index in [0.29, 0.717) is 5.56 Å². The van der Waals surface area contributed by atoms with Gasteiger partial charge in [0.25, 0.3) is 5.56 Å². The molecule has 1 aromatic carbocycles. The van der Waals surface area contributed by atoms with Crippen LogP contribution in [0.1, 0.15) is 11.1 Å². The second kappa shape index (κ2) is 5.56. The molecule has 0 fully saturated rings. The molecule has 0 amide bonds. The quantitative estimate of drug-likeness (QED) is 0.837. The normalized spacial score (nSPS) is 10.4. The average molecular weight is 260 g/mol. The fraction of sp³-hybridized carbons (Fsp3) is 0.214. The topological polar surface area (TPSA) is 52.0 Å². The van der Waals surface area contributed by atoms with Gasteiger partial charge >= 0.3 is 0 Å². The summed E-state index contributed by atoms with van der Waals surface area (Å²) in [4.78, 5) is 23.4. The van der Waals surface area contributed by atoms with Crippen LogP contribution in [-0.2, 0) is 17.8 Å². The van der Waals surface area contributed by atoms with Gasteiger partial charge in [-0.1, -0.05) is 18.2 Å². The maximum Gasteiger partial charge on any atom is 0.267 e. The van der Waals surface area contributed by atoms with Crippen LogP contribution < -0.4 is 5.56 Å². The highest BCUT2D eigenvalue weighted by Gasteiger charge is 2.09. The van der Waals surface area contributed by atoms with Crippen molar-refractivity contribution in [1.29, 1.82) is 0 Å². The highest BCUT2D eigenvalue weighted by atomic mass is 19.1. The molecule has 0 saturated carbocycles. The Morgan fingerprint density at radius 1 is 1.37 bits per heavy atom. The minimum Gasteiger partial charge on any atom is -0.297 e. The zero-order chi connectivity index (χ0) is 13.8. The molecule has 19 heavy (non-hydrogen) atoms. The number of halogens is 1. The molecule has 0 radical (unpaired) electrons. The number of carbonyl (C=O) groups is 1. The molecule has 2 rings (SSSR count). The second-order valence-corrected chi connectivity index (χ2v) is 4.34. The van der Waals surface area contributed by atoms with Crippen molar-refractivity contribution in [3.63, 3.8) is 0 Å². The molecular weight excluding hydrogens is 247 g/mol. The van der Waals surface area contributed by atoms with E-state index in [9.17, 15) is 14.0 Å². The Bertz CT molecular complexity index is 664. The van der Waals surface area contributed by atoms with Crippen molar-refractivity contribution in [2.45, 2.75) is 19.9 Å². The number of benzene rings is 1. The van der Waals surface area contributed by atoms with Gasteiger partial charge in [-0.15, -0.1) is 0 Å². The molecule has 1 aromatic heterocycles. The van der Waals surface area contributed by atoms with Crippen LogP contribution >= 0.6 is 0 Å². The van der Waals surface area contributed by atoms with Gasteiger partial charge in [0.05, 0.1) is 6.20 Å². The number of ketones is 1. The molecule has 0 aliphatic carbocycles. The molecule has 0 aliphatic heterocycles. The van der Waals surface area contributed by atoms with Crippen molar-refractivity contribution in [2.75, 3.05) is 0 Å². The Balaban J connectivity index is 2.10. The summed E-state index contributed by atoms with van der Waals surface area (Å²) in [6, 6.07) is 7.50. The van der Waals surface area contributed by atoms with Crippen molar-refractivity contribution in [2.24, 2.45) is 0 Å².